The zero-order valence-electron chi connectivity index (χ0n) is 26.8. The van der Waals surface area contributed by atoms with E-state index in [2.05, 4.69) is 15.0 Å². The first-order valence-corrected chi connectivity index (χ1v) is 15.7. The summed E-state index contributed by atoms with van der Waals surface area (Å²) in [6.07, 6.45) is 0.599. The molecule has 2 amide bonds. The van der Waals surface area contributed by atoms with E-state index >= 15 is 0 Å². The first-order chi connectivity index (χ1) is 20.0. The number of ether oxygens (including phenoxy) is 2. The normalized spacial score (nSPS) is 13.6. The number of guanidine groups is 1. The van der Waals surface area contributed by atoms with E-state index in [1.54, 1.807) is 47.6 Å². The highest BCUT2D eigenvalue weighted by atomic mass is 32.2. The van der Waals surface area contributed by atoms with Crippen molar-refractivity contribution < 1.29 is 27.5 Å². The summed E-state index contributed by atoms with van der Waals surface area (Å²) in [5.41, 5.74) is 8.08. The number of methoxy groups -OCH3 is 1. The third kappa shape index (κ3) is 10.5. The minimum absolute atomic E-state index is 0.115. The molecule has 0 aliphatic heterocycles. The van der Waals surface area contributed by atoms with E-state index in [-0.39, 0.29) is 35.8 Å². The number of nitrogens with zero attached hydrogens (tertiary/aromatic N) is 2. The molecule has 2 aromatic carbocycles. The van der Waals surface area contributed by atoms with Gasteiger partial charge < -0.3 is 20.5 Å². The Morgan fingerprint density at radius 3 is 2.30 bits per heavy atom. The third-order valence-electron chi connectivity index (χ3n) is 6.85. The van der Waals surface area contributed by atoms with Crippen LogP contribution >= 0.6 is 0 Å². The van der Waals surface area contributed by atoms with Crippen LogP contribution < -0.4 is 20.5 Å². The number of hydrogen-bond acceptors (Lipinski definition) is 7. The number of amides is 2. The van der Waals surface area contributed by atoms with Crippen molar-refractivity contribution in [2.75, 3.05) is 20.7 Å². The summed E-state index contributed by atoms with van der Waals surface area (Å²) in [4.78, 5) is 31.7. The number of rotatable bonds is 12. The lowest BCUT2D eigenvalue weighted by molar-refractivity contribution is -0.126. The van der Waals surface area contributed by atoms with Gasteiger partial charge in [0, 0.05) is 19.6 Å². The lowest BCUT2D eigenvalue weighted by atomic mass is 10.1. The molecule has 0 spiro atoms. The van der Waals surface area contributed by atoms with Gasteiger partial charge in [-0.1, -0.05) is 30.3 Å². The topological polar surface area (TPSA) is 152 Å². The van der Waals surface area contributed by atoms with Crippen LogP contribution in [0.2, 0.25) is 0 Å². The van der Waals surface area contributed by atoms with Gasteiger partial charge in [-0.15, -0.1) is 0 Å². The van der Waals surface area contributed by atoms with Crippen LogP contribution in [0.5, 0.6) is 5.75 Å². The van der Waals surface area contributed by atoms with Crippen molar-refractivity contribution in [3.63, 3.8) is 0 Å². The molecule has 2 rings (SSSR count). The van der Waals surface area contributed by atoms with E-state index < -0.39 is 27.8 Å². The minimum Gasteiger partial charge on any atom is -0.496 e. The van der Waals surface area contributed by atoms with Crippen LogP contribution in [-0.4, -0.2) is 69.7 Å². The number of likely N-dealkylation sites (N-methyl/N-ethyl adjacent to an activating group) is 1. The number of carbonyl (C=O) groups is 2. The van der Waals surface area contributed by atoms with Gasteiger partial charge in [0.25, 0.3) is 10.0 Å². The molecule has 0 aliphatic rings. The molecule has 43 heavy (non-hydrogen) atoms. The van der Waals surface area contributed by atoms with Crippen LogP contribution in [0, 0.1) is 20.8 Å². The van der Waals surface area contributed by atoms with Crippen LogP contribution in [0.25, 0.3) is 0 Å². The zero-order chi connectivity index (χ0) is 32.5. The van der Waals surface area contributed by atoms with E-state index in [1.807, 2.05) is 37.3 Å². The van der Waals surface area contributed by atoms with Crippen molar-refractivity contribution in [3.8, 4) is 5.75 Å². The Labute approximate surface area is 256 Å². The molecule has 0 bridgehead atoms. The molecule has 12 heteroatoms. The van der Waals surface area contributed by atoms with Crippen LogP contribution in [0.3, 0.4) is 0 Å². The number of nitrogens with one attached hydrogen (secondary N) is 2. The van der Waals surface area contributed by atoms with E-state index in [9.17, 15) is 18.0 Å². The molecular formula is C31H47N5O6S. The number of sulfonamides is 1. The maximum atomic E-state index is 13.3. The quantitative estimate of drug-likeness (QED) is 0.185. The molecule has 0 heterocycles. The van der Waals surface area contributed by atoms with Crippen molar-refractivity contribution in [1.29, 1.82) is 0 Å². The highest BCUT2D eigenvalue weighted by Crippen LogP contribution is 2.30. The number of hydrogen-bond donors (Lipinski definition) is 3. The SMILES string of the molecule is COc1cc(C)c(S(=O)(=O)NC(N)=NCCCC(C(=O)NC(C)Cc2ccccc2)N(C)C(=O)OC(C)(C)C)c(C)c1C. The molecule has 0 fully saturated rings. The number of aryl methyl sites for hydroxylation is 1. The summed E-state index contributed by atoms with van der Waals surface area (Å²) in [7, 11) is -0.959. The van der Waals surface area contributed by atoms with Crippen molar-refractivity contribution in [2.24, 2.45) is 10.7 Å². The second-order valence-electron chi connectivity index (χ2n) is 11.7. The second kappa shape index (κ2) is 15.1. The van der Waals surface area contributed by atoms with Gasteiger partial charge in [-0.05, 0) is 96.0 Å². The molecule has 11 nitrogen and oxygen atoms in total. The fourth-order valence-electron chi connectivity index (χ4n) is 4.67. The Balaban J connectivity index is 2.12. The van der Waals surface area contributed by atoms with Crippen LogP contribution in [0.4, 0.5) is 4.79 Å². The van der Waals surface area contributed by atoms with Gasteiger partial charge in [0.2, 0.25) is 11.9 Å². The molecule has 2 aromatic rings. The first-order valence-electron chi connectivity index (χ1n) is 14.2. The predicted molar refractivity (Wildman–Crippen MR) is 169 cm³/mol. The van der Waals surface area contributed by atoms with Crippen LogP contribution in [0.15, 0.2) is 46.3 Å². The van der Waals surface area contributed by atoms with Crippen LogP contribution in [0.1, 0.15) is 62.8 Å². The molecule has 0 saturated heterocycles. The summed E-state index contributed by atoms with van der Waals surface area (Å²) in [6, 6.07) is 10.4. The molecule has 0 saturated carbocycles. The third-order valence-corrected chi connectivity index (χ3v) is 8.49. The summed E-state index contributed by atoms with van der Waals surface area (Å²) in [5, 5.41) is 3.00. The molecule has 0 radical (unpaired) electrons. The van der Waals surface area contributed by atoms with Crippen molar-refractivity contribution >= 4 is 28.0 Å². The van der Waals surface area contributed by atoms with E-state index in [4.69, 9.17) is 15.2 Å². The van der Waals surface area contributed by atoms with Gasteiger partial charge in [0.05, 0.1) is 12.0 Å². The van der Waals surface area contributed by atoms with Crippen molar-refractivity contribution in [3.05, 3.63) is 58.7 Å². The van der Waals surface area contributed by atoms with Gasteiger partial charge in [0.1, 0.15) is 17.4 Å². The molecule has 2 atom stereocenters. The van der Waals surface area contributed by atoms with Gasteiger partial charge >= 0.3 is 6.09 Å². The highest BCUT2D eigenvalue weighted by Gasteiger charge is 2.31. The number of aliphatic imine (C=N–C) groups is 1. The molecule has 2 unspecified atom stereocenters. The molecule has 0 aliphatic carbocycles. The fraction of sp³-hybridized carbons (Fsp3) is 0.516. The lowest BCUT2D eigenvalue weighted by Crippen LogP contribution is -2.51. The Morgan fingerprint density at radius 2 is 1.72 bits per heavy atom. The molecule has 4 N–H and O–H groups in total. The standard InChI is InChI=1S/C31H47N5O6S/c1-20-18-26(41-9)22(3)23(4)27(20)43(39,40)35-29(32)33-17-13-16-25(36(8)30(38)42-31(5,6)7)28(37)34-21(2)19-24-14-11-10-12-15-24/h10-12,14-15,18,21,25H,13,16-17,19H2,1-9H3,(H,34,37)(H3,32,33,35). The van der Waals surface area contributed by atoms with E-state index in [0.717, 1.165) is 5.56 Å². The predicted octanol–water partition coefficient (Wildman–Crippen LogP) is 3.98. The van der Waals surface area contributed by atoms with Crippen molar-refractivity contribution in [2.45, 2.75) is 90.3 Å². The monoisotopic (exact) mass is 617 g/mol. The van der Waals surface area contributed by atoms with Crippen LogP contribution in [-0.2, 0) is 26.0 Å². The van der Waals surface area contributed by atoms with Gasteiger partial charge in [-0.25, -0.2) is 17.9 Å². The lowest BCUT2D eigenvalue weighted by Gasteiger charge is -2.31. The zero-order valence-corrected chi connectivity index (χ0v) is 27.6. The average molecular weight is 618 g/mol. The fourth-order valence-corrected chi connectivity index (χ4v) is 6.15. The van der Waals surface area contributed by atoms with E-state index in [0.29, 0.717) is 35.3 Å². The van der Waals surface area contributed by atoms with E-state index in [1.165, 1.54) is 19.1 Å². The molecular weight excluding hydrogens is 570 g/mol. The van der Waals surface area contributed by atoms with Gasteiger partial charge in [-0.2, -0.15) is 0 Å². The van der Waals surface area contributed by atoms with Gasteiger partial charge in [-0.3, -0.25) is 14.7 Å². The molecule has 0 aromatic heterocycles. The minimum atomic E-state index is -4.01. The number of benzene rings is 2. The summed E-state index contributed by atoms with van der Waals surface area (Å²) >= 11 is 0. The summed E-state index contributed by atoms with van der Waals surface area (Å²) in [5.74, 6) is 0.000475. The smallest absolute Gasteiger partial charge is 0.410 e. The largest absolute Gasteiger partial charge is 0.496 e. The summed E-state index contributed by atoms with van der Waals surface area (Å²) in [6.45, 7) is 12.5. The number of nitrogens with two attached hydrogens (primary N) is 1. The Kier molecular flexibility index (Phi) is 12.4. The Bertz CT molecular complexity index is 1400. The second-order valence-corrected chi connectivity index (χ2v) is 13.3. The Hall–Kier alpha value is -3.80. The maximum absolute atomic E-state index is 13.3. The average Bonchev–Trinajstić information content (AvgIpc) is 2.89. The molecule has 238 valence electrons. The highest BCUT2D eigenvalue weighted by molar-refractivity contribution is 7.90. The first kappa shape index (κ1) is 35.4. The van der Waals surface area contributed by atoms with Crippen molar-refractivity contribution in [1.82, 2.24) is 14.9 Å². The Morgan fingerprint density at radius 1 is 1.09 bits per heavy atom. The number of carbonyl (C=O) groups excluding carboxylic acids is 2. The maximum Gasteiger partial charge on any atom is 0.410 e. The van der Waals surface area contributed by atoms with Gasteiger partial charge in [0.15, 0.2) is 0 Å². The summed E-state index contributed by atoms with van der Waals surface area (Å²) < 4.78 is 39.5.